The fourth-order valence-corrected chi connectivity index (χ4v) is 4.28. The predicted octanol–water partition coefficient (Wildman–Crippen LogP) is 4.45. The number of carbonyl (C=O) groups is 3. The zero-order valence-electron chi connectivity index (χ0n) is 20.2. The third kappa shape index (κ3) is 5.87. The number of esters is 1. The number of likely N-dealkylation sites (tertiary alicyclic amines) is 1. The first kappa shape index (κ1) is 25.1. The highest BCUT2D eigenvalue weighted by molar-refractivity contribution is 5.80. The summed E-state index contributed by atoms with van der Waals surface area (Å²) in [5, 5.41) is 2.83. The van der Waals surface area contributed by atoms with Crippen molar-refractivity contribution in [3.63, 3.8) is 0 Å². The van der Waals surface area contributed by atoms with Crippen LogP contribution in [0.2, 0.25) is 0 Å². The largest absolute Gasteiger partial charge is 0.469 e. The van der Waals surface area contributed by atoms with Crippen LogP contribution in [0.25, 0.3) is 0 Å². The maximum absolute atomic E-state index is 13.3. The van der Waals surface area contributed by atoms with E-state index in [0.717, 1.165) is 11.1 Å². The zero-order valence-corrected chi connectivity index (χ0v) is 20.2. The third-order valence-corrected chi connectivity index (χ3v) is 5.70. The van der Waals surface area contributed by atoms with E-state index >= 15 is 0 Å². The highest BCUT2D eigenvalue weighted by Crippen LogP contribution is 2.41. The van der Waals surface area contributed by atoms with Crippen LogP contribution in [-0.4, -0.2) is 47.9 Å². The van der Waals surface area contributed by atoms with E-state index in [2.05, 4.69) is 5.32 Å². The number of alkyl carbamates (subject to hydrolysis) is 1. The van der Waals surface area contributed by atoms with Gasteiger partial charge in [0.1, 0.15) is 12.2 Å². The summed E-state index contributed by atoms with van der Waals surface area (Å²) in [5.41, 5.74) is 0.858. The van der Waals surface area contributed by atoms with Gasteiger partial charge in [0.05, 0.1) is 25.1 Å². The van der Waals surface area contributed by atoms with Gasteiger partial charge in [-0.1, -0.05) is 60.7 Å². The molecule has 8 heteroatoms. The molecule has 1 N–H and O–H groups in total. The van der Waals surface area contributed by atoms with Gasteiger partial charge in [-0.25, -0.2) is 9.59 Å². The fraction of sp³-hybridized carbons (Fsp3) is 0.423. The van der Waals surface area contributed by atoms with Crippen LogP contribution in [0.15, 0.2) is 60.7 Å². The van der Waals surface area contributed by atoms with Crippen molar-refractivity contribution in [2.24, 2.45) is 5.92 Å². The van der Waals surface area contributed by atoms with Crippen molar-refractivity contribution in [2.45, 2.75) is 58.0 Å². The fourth-order valence-electron chi connectivity index (χ4n) is 4.28. The summed E-state index contributed by atoms with van der Waals surface area (Å²) in [6.45, 7) is 7.09. The summed E-state index contributed by atoms with van der Waals surface area (Å²) in [6.07, 6.45) is -1.27. The van der Waals surface area contributed by atoms with Gasteiger partial charge in [0.2, 0.25) is 0 Å². The Morgan fingerprint density at radius 1 is 0.971 bits per heavy atom. The molecule has 2 amide bonds. The van der Waals surface area contributed by atoms with Crippen molar-refractivity contribution < 1.29 is 28.6 Å². The van der Waals surface area contributed by atoms with E-state index in [-0.39, 0.29) is 6.61 Å². The van der Waals surface area contributed by atoms with Gasteiger partial charge in [0.25, 0.3) is 0 Å². The number of benzene rings is 2. The summed E-state index contributed by atoms with van der Waals surface area (Å²) in [7, 11) is 1.29. The Bertz CT molecular complexity index is 989. The molecule has 0 saturated carbocycles. The van der Waals surface area contributed by atoms with Gasteiger partial charge in [0.15, 0.2) is 0 Å². The Morgan fingerprint density at radius 3 is 2.12 bits per heavy atom. The average molecular weight is 469 g/mol. The minimum absolute atomic E-state index is 0.0808. The third-order valence-electron chi connectivity index (χ3n) is 5.70. The van der Waals surface area contributed by atoms with Crippen LogP contribution >= 0.6 is 0 Å². The summed E-state index contributed by atoms with van der Waals surface area (Å²) >= 11 is 0. The molecule has 2 aromatic carbocycles. The zero-order chi connectivity index (χ0) is 24.9. The van der Waals surface area contributed by atoms with Gasteiger partial charge in [-0.15, -0.1) is 0 Å². The summed E-state index contributed by atoms with van der Waals surface area (Å²) < 4.78 is 16.1. The number of hydrogen-bond donors (Lipinski definition) is 1. The number of ether oxygens (including phenoxy) is 3. The SMILES string of the molecule is COC(=O)[C@H]1[C@H](NC(=O)OC(C)(C)C)[C@H](c2ccccc2)N(C(=O)OCc2ccccc2)[C@@H]1C. The molecule has 34 heavy (non-hydrogen) atoms. The van der Waals surface area contributed by atoms with E-state index < -0.39 is 47.8 Å². The lowest BCUT2D eigenvalue weighted by atomic mass is 9.91. The van der Waals surface area contributed by atoms with Crippen molar-refractivity contribution in [3.05, 3.63) is 71.8 Å². The van der Waals surface area contributed by atoms with Crippen LogP contribution in [0.1, 0.15) is 44.9 Å². The van der Waals surface area contributed by atoms with Gasteiger partial charge < -0.3 is 19.5 Å². The smallest absolute Gasteiger partial charge is 0.410 e. The van der Waals surface area contributed by atoms with Gasteiger partial charge in [-0.05, 0) is 38.8 Å². The maximum atomic E-state index is 13.3. The number of hydrogen-bond acceptors (Lipinski definition) is 6. The van der Waals surface area contributed by atoms with Gasteiger partial charge in [0, 0.05) is 6.04 Å². The molecule has 4 atom stereocenters. The normalized spacial score (nSPS) is 22.1. The number of amides is 2. The number of methoxy groups -OCH3 is 1. The van der Waals surface area contributed by atoms with Gasteiger partial charge in [-0.2, -0.15) is 0 Å². The molecule has 0 spiro atoms. The maximum Gasteiger partial charge on any atom is 0.410 e. The van der Waals surface area contributed by atoms with E-state index in [4.69, 9.17) is 14.2 Å². The Hall–Kier alpha value is -3.55. The van der Waals surface area contributed by atoms with E-state index in [1.165, 1.54) is 12.0 Å². The molecule has 1 aliphatic heterocycles. The predicted molar refractivity (Wildman–Crippen MR) is 126 cm³/mol. The molecule has 0 aliphatic carbocycles. The van der Waals surface area contributed by atoms with Crippen molar-refractivity contribution in [1.29, 1.82) is 0 Å². The highest BCUT2D eigenvalue weighted by Gasteiger charge is 2.54. The lowest BCUT2D eigenvalue weighted by Gasteiger charge is -2.30. The topological polar surface area (TPSA) is 94.2 Å². The van der Waals surface area contributed by atoms with Crippen molar-refractivity contribution in [3.8, 4) is 0 Å². The summed E-state index contributed by atoms with van der Waals surface area (Å²) in [6, 6.07) is 16.5. The molecule has 3 rings (SSSR count). The number of nitrogens with one attached hydrogen (secondary N) is 1. The second kappa shape index (κ2) is 10.6. The Labute approximate surface area is 200 Å². The molecule has 0 aromatic heterocycles. The molecular weight excluding hydrogens is 436 g/mol. The van der Waals surface area contributed by atoms with Gasteiger partial charge in [-0.3, -0.25) is 9.69 Å². The second-order valence-electron chi connectivity index (χ2n) is 9.26. The number of nitrogens with zero attached hydrogens (tertiary/aromatic N) is 1. The lowest BCUT2D eigenvalue weighted by molar-refractivity contribution is -0.146. The van der Waals surface area contributed by atoms with E-state index in [1.807, 2.05) is 60.7 Å². The standard InChI is InChI=1S/C26H32N2O6/c1-17-20(23(29)32-5)21(27-24(30)34-26(2,3)4)22(19-14-10-7-11-15-19)28(17)25(31)33-16-18-12-8-6-9-13-18/h6-15,17,20-22H,16H2,1-5H3,(H,27,30)/t17-,20-,21+,22+/m1/s1. The molecule has 0 unspecified atom stereocenters. The first-order valence-corrected chi connectivity index (χ1v) is 11.2. The monoisotopic (exact) mass is 468 g/mol. The van der Waals surface area contributed by atoms with E-state index in [0.29, 0.717) is 0 Å². The molecule has 1 saturated heterocycles. The van der Waals surface area contributed by atoms with Crippen LogP contribution in [0.4, 0.5) is 9.59 Å². The molecule has 1 fully saturated rings. The first-order valence-electron chi connectivity index (χ1n) is 11.2. The molecule has 0 bridgehead atoms. The molecule has 2 aromatic rings. The summed E-state index contributed by atoms with van der Waals surface area (Å²) in [4.78, 5) is 40.4. The minimum atomic E-state index is -0.827. The Balaban J connectivity index is 1.96. The number of rotatable bonds is 5. The Morgan fingerprint density at radius 2 is 1.56 bits per heavy atom. The minimum Gasteiger partial charge on any atom is -0.469 e. The summed E-state index contributed by atoms with van der Waals surface area (Å²) in [5.74, 6) is -1.36. The van der Waals surface area contributed by atoms with E-state index in [9.17, 15) is 14.4 Å². The van der Waals surface area contributed by atoms with Crippen molar-refractivity contribution >= 4 is 18.2 Å². The van der Waals surface area contributed by atoms with Crippen molar-refractivity contribution in [2.75, 3.05) is 7.11 Å². The quantitative estimate of drug-likeness (QED) is 0.515. The van der Waals surface area contributed by atoms with Crippen LogP contribution in [-0.2, 0) is 25.6 Å². The molecule has 182 valence electrons. The van der Waals surface area contributed by atoms with E-state index in [1.54, 1.807) is 27.7 Å². The average Bonchev–Trinajstić information content (AvgIpc) is 3.08. The van der Waals surface area contributed by atoms with Crippen LogP contribution in [0.3, 0.4) is 0 Å². The van der Waals surface area contributed by atoms with Crippen LogP contribution < -0.4 is 5.32 Å². The second-order valence-corrected chi connectivity index (χ2v) is 9.26. The molecule has 1 aliphatic rings. The molecule has 8 nitrogen and oxygen atoms in total. The highest BCUT2D eigenvalue weighted by atomic mass is 16.6. The molecular formula is C26H32N2O6. The van der Waals surface area contributed by atoms with Crippen LogP contribution in [0.5, 0.6) is 0 Å². The lowest BCUT2D eigenvalue weighted by Crippen LogP contribution is -2.47. The number of carbonyl (C=O) groups excluding carboxylic acids is 3. The Kier molecular flexibility index (Phi) is 7.81. The first-order chi connectivity index (χ1) is 16.1. The molecule has 0 radical (unpaired) electrons. The van der Waals surface area contributed by atoms with Crippen molar-refractivity contribution in [1.82, 2.24) is 10.2 Å². The molecule has 1 heterocycles. The van der Waals surface area contributed by atoms with Gasteiger partial charge >= 0.3 is 18.2 Å². The van der Waals surface area contributed by atoms with Crippen LogP contribution in [0, 0.1) is 5.92 Å².